The highest BCUT2D eigenvalue weighted by Gasteiger charge is 2.27. The predicted molar refractivity (Wildman–Crippen MR) is 78.0 cm³/mol. The monoisotopic (exact) mass is 295 g/mol. The zero-order valence-electron chi connectivity index (χ0n) is 12.5. The van der Waals surface area contributed by atoms with Gasteiger partial charge in [-0.25, -0.2) is 15.0 Å². The third-order valence-electron chi connectivity index (χ3n) is 3.36. The van der Waals surface area contributed by atoms with Crippen molar-refractivity contribution >= 4 is 17.0 Å². The first-order valence-electron chi connectivity index (χ1n) is 6.76. The zero-order chi connectivity index (χ0) is 15.4. The van der Waals surface area contributed by atoms with Crippen molar-refractivity contribution in [1.82, 2.24) is 19.5 Å². The molecule has 2 aromatic rings. The first-order valence-corrected chi connectivity index (χ1v) is 6.76. The van der Waals surface area contributed by atoms with Gasteiger partial charge in [0, 0.05) is 21.2 Å². The summed E-state index contributed by atoms with van der Waals surface area (Å²) in [6.45, 7) is 0.0566. The molecule has 8 nitrogen and oxygen atoms in total. The van der Waals surface area contributed by atoms with Gasteiger partial charge in [-0.3, -0.25) is 4.57 Å². The molecule has 2 unspecified atom stereocenters. The van der Waals surface area contributed by atoms with E-state index in [0.29, 0.717) is 0 Å². The summed E-state index contributed by atoms with van der Waals surface area (Å²) in [7, 11) is 4.85. The highest BCUT2D eigenvalue weighted by atomic mass is 16.5. The van der Waals surface area contributed by atoms with E-state index in [1.807, 2.05) is 23.6 Å². The van der Waals surface area contributed by atoms with Crippen LogP contribution in [0, 0.1) is 0 Å². The predicted octanol–water partition coefficient (Wildman–Crippen LogP) is 0.171. The second kappa shape index (κ2) is 6.79. The summed E-state index contributed by atoms with van der Waals surface area (Å²) < 4.78 is 7.68. The number of anilines is 1. The minimum Gasteiger partial charge on any atom is -0.400 e. The van der Waals surface area contributed by atoms with Crippen molar-refractivity contribution in [2.24, 2.45) is 0 Å². The Hall–Kier alpha value is -1.77. The van der Waals surface area contributed by atoms with Crippen LogP contribution in [-0.4, -0.2) is 63.6 Å². The van der Waals surface area contributed by atoms with Gasteiger partial charge in [0.15, 0.2) is 17.0 Å². The lowest BCUT2D eigenvalue weighted by Gasteiger charge is -2.14. The van der Waals surface area contributed by atoms with Crippen LogP contribution in [0.4, 0.5) is 5.82 Å². The number of hydrogen-bond donors (Lipinski definition) is 2. The maximum atomic E-state index is 9.13. The lowest BCUT2D eigenvalue weighted by molar-refractivity contribution is -0.0207. The number of aromatic nitrogens is 4. The van der Waals surface area contributed by atoms with Crippen molar-refractivity contribution in [2.75, 3.05) is 32.7 Å². The van der Waals surface area contributed by atoms with E-state index in [1.54, 1.807) is 6.33 Å². The number of rotatable bonds is 3. The second-order valence-corrected chi connectivity index (χ2v) is 4.89. The number of aliphatic hydroxyl groups is 2. The van der Waals surface area contributed by atoms with Crippen molar-refractivity contribution < 1.29 is 14.9 Å². The minimum absolute atomic E-state index is 0.0566. The third kappa shape index (κ3) is 2.97. The molecular formula is C13H21N5O3. The Morgan fingerprint density at radius 1 is 1.29 bits per heavy atom. The molecule has 0 aliphatic carbocycles. The molecule has 3 heterocycles. The second-order valence-electron chi connectivity index (χ2n) is 4.89. The van der Waals surface area contributed by atoms with E-state index in [4.69, 9.17) is 14.9 Å². The van der Waals surface area contributed by atoms with Gasteiger partial charge >= 0.3 is 0 Å². The molecule has 8 heteroatoms. The van der Waals surface area contributed by atoms with Gasteiger partial charge < -0.3 is 19.8 Å². The van der Waals surface area contributed by atoms with Crippen LogP contribution in [-0.2, 0) is 4.74 Å². The zero-order valence-corrected chi connectivity index (χ0v) is 12.5. The highest BCUT2D eigenvalue weighted by Crippen LogP contribution is 2.31. The third-order valence-corrected chi connectivity index (χ3v) is 3.36. The summed E-state index contributed by atoms with van der Waals surface area (Å²) in [4.78, 5) is 14.8. The highest BCUT2D eigenvalue weighted by molar-refractivity contribution is 5.83. The van der Waals surface area contributed by atoms with E-state index >= 15 is 0 Å². The van der Waals surface area contributed by atoms with E-state index in [-0.39, 0.29) is 18.9 Å². The summed E-state index contributed by atoms with van der Waals surface area (Å²) in [6.07, 6.45) is 4.79. The summed E-state index contributed by atoms with van der Waals surface area (Å²) in [5.41, 5.74) is 1.53. The number of aliphatic hydroxyl groups excluding tert-OH is 2. The largest absolute Gasteiger partial charge is 0.400 e. The maximum Gasteiger partial charge on any atom is 0.167 e. The molecule has 2 atom stereocenters. The molecule has 1 fully saturated rings. The van der Waals surface area contributed by atoms with E-state index in [9.17, 15) is 0 Å². The van der Waals surface area contributed by atoms with Crippen LogP contribution < -0.4 is 4.90 Å². The van der Waals surface area contributed by atoms with E-state index in [0.717, 1.165) is 36.9 Å². The lowest BCUT2D eigenvalue weighted by atomic mass is 10.2. The fourth-order valence-corrected chi connectivity index (χ4v) is 2.40. The maximum absolute atomic E-state index is 9.13. The van der Waals surface area contributed by atoms with Crippen molar-refractivity contribution in [3.63, 3.8) is 0 Å². The molecule has 0 aromatic carbocycles. The molecule has 0 saturated carbocycles. The van der Waals surface area contributed by atoms with Crippen LogP contribution in [0.25, 0.3) is 11.2 Å². The lowest BCUT2D eigenvalue weighted by Crippen LogP contribution is -2.14. The molecule has 1 saturated heterocycles. The van der Waals surface area contributed by atoms with Gasteiger partial charge in [0.1, 0.15) is 12.6 Å². The van der Waals surface area contributed by atoms with Gasteiger partial charge in [0.25, 0.3) is 0 Å². The Labute approximate surface area is 123 Å². The van der Waals surface area contributed by atoms with E-state index in [1.165, 1.54) is 6.33 Å². The summed E-state index contributed by atoms with van der Waals surface area (Å²) in [6, 6.07) is 0. The smallest absolute Gasteiger partial charge is 0.167 e. The fraction of sp³-hybridized carbons (Fsp3) is 0.615. The Morgan fingerprint density at radius 3 is 2.67 bits per heavy atom. The van der Waals surface area contributed by atoms with Crippen LogP contribution in [0.15, 0.2) is 12.7 Å². The Bertz CT molecular complexity index is 586. The average molecular weight is 295 g/mol. The minimum atomic E-state index is -0.105. The molecular weight excluding hydrogens is 274 g/mol. The normalized spacial score (nSPS) is 21.2. The van der Waals surface area contributed by atoms with Gasteiger partial charge in [-0.15, -0.1) is 0 Å². The molecule has 0 spiro atoms. The summed E-state index contributed by atoms with van der Waals surface area (Å²) >= 11 is 0. The van der Waals surface area contributed by atoms with Crippen LogP contribution in [0.1, 0.15) is 19.1 Å². The first-order chi connectivity index (χ1) is 10.2. The van der Waals surface area contributed by atoms with Crippen molar-refractivity contribution in [2.45, 2.75) is 25.2 Å². The summed E-state index contributed by atoms with van der Waals surface area (Å²) in [5, 5.41) is 16.1. The molecule has 1 aliphatic heterocycles. The van der Waals surface area contributed by atoms with Crippen LogP contribution in [0.2, 0.25) is 0 Å². The Kier molecular flexibility index (Phi) is 5.05. The van der Waals surface area contributed by atoms with Gasteiger partial charge in [-0.05, 0) is 12.8 Å². The molecule has 21 heavy (non-hydrogen) atoms. The van der Waals surface area contributed by atoms with Crippen LogP contribution >= 0.6 is 0 Å². The SMILES string of the molecule is CN(C)c1ncnc2c1ncn2C1CCC(CO)O1.CO. The van der Waals surface area contributed by atoms with Gasteiger partial charge in [-0.2, -0.15) is 0 Å². The molecule has 2 N–H and O–H groups in total. The van der Waals surface area contributed by atoms with E-state index < -0.39 is 0 Å². The van der Waals surface area contributed by atoms with Gasteiger partial charge in [0.05, 0.1) is 19.0 Å². The average Bonchev–Trinajstić information content (AvgIpc) is 3.14. The number of nitrogens with zero attached hydrogens (tertiary/aromatic N) is 5. The number of fused-ring (bicyclic) bond motifs is 1. The Morgan fingerprint density at radius 2 is 2.05 bits per heavy atom. The number of ether oxygens (including phenoxy) is 1. The number of imidazole rings is 1. The van der Waals surface area contributed by atoms with Crippen molar-refractivity contribution in [3.05, 3.63) is 12.7 Å². The summed E-state index contributed by atoms with van der Waals surface area (Å²) in [5.74, 6) is 0.792. The Balaban J connectivity index is 0.000000774. The van der Waals surface area contributed by atoms with Crippen LogP contribution in [0.3, 0.4) is 0 Å². The topological polar surface area (TPSA) is 96.5 Å². The van der Waals surface area contributed by atoms with Gasteiger partial charge in [0.2, 0.25) is 0 Å². The number of hydrogen-bond acceptors (Lipinski definition) is 7. The molecule has 0 amide bonds. The molecule has 0 bridgehead atoms. The molecule has 1 aliphatic rings. The first kappa shape index (κ1) is 15.6. The van der Waals surface area contributed by atoms with Crippen molar-refractivity contribution in [1.29, 1.82) is 0 Å². The molecule has 2 aromatic heterocycles. The molecule has 3 rings (SSSR count). The van der Waals surface area contributed by atoms with Gasteiger partial charge in [-0.1, -0.05) is 0 Å². The van der Waals surface area contributed by atoms with Crippen LogP contribution in [0.5, 0.6) is 0 Å². The quantitative estimate of drug-likeness (QED) is 0.833. The molecule has 0 radical (unpaired) electrons. The molecule has 116 valence electrons. The van der Waals surface area contributed by atoms with E-state index in [2.05, 4.69) is 15.0 Å². The van der Waals surface area contributed by atoms with Crippen molar-refractivity contribution in [3.8, 4) is 0 Å². The standard InChI is InChI=1S/C12H17N5O2.CH4O/c1-16(2)11-10-12(14-6-13-11)17(7-15-10)9-4-3-8(5-18)19-9;1-2/h6-9,18H,3-5H2,1-2H3;2H,1H3. The fourth-order valence-electron chi connectivity index (χ4n) is 2.40.